The van der Waals surface area contributed by atoms with Crippen LogP contribution in [0.25, 0.3) is 11.4 Å². The molecule has 24 heavy (non-hydrogen) atoms. The number of benzene rings is 2. The minimum atomic E-state index is -0.0221. The van der Waals surface area contributed by atoms with E-state index >= 15 is 0 Å². The van der Waals surface area contributed by atoms with E-state index in [4.69, 9.17) is 4.74 Å². The molecule has 0 aliphatic carbocycles. The van der Waals surface area contributed by atoms with E-state index in [9.17, 15) is 4.79 Å². The minimum absolute atomic E-state index is 0.0221. The molecule has 3 rings (SSSR count). The highest BCUT2D eigenvalue weighted by atomic mass is 16.5. The van der Waals surface area contributed by atoms with Crippen molar-refractivity contribution in [2.45, 2.75) is 20.4 Å². The molecule has 0 N–H and O–H groups in total. The maximum absolute atomic E-state index is 11.6. The molecule has 0 radical (unpaired) electrons. The van der Waals surface area contributed by atoms with Crippen LogP contribution >= 0.6 is 0 Å². The number of carbonyl (C=O) groups excluding carboxylic acids is 1. The lowest BCUT2D eigenvalue weighted by Crippen LogP contribution is -2.12. The predicted octanol–water partition coefficient (Wildman–Crippen LogP) is 2.93. The Bertz CT molecular complexity index is 840. The zero-order chi connectivity index (χ0) is 16.9. The molecule has 0 aliphatic rings. The molecule has 0 bridgehead atoms. The Morgan fingerprint density at radius 1 is 1.12 bits per heavy atom. The van der Waals surface area contributed by atoms with Crippen molar-refractivity contribution in [3.05, 3.63) is 59.7 Å². The smallest absolute Gasteiger partial charge is 0.204 e. The van der Waals surface area contributed by atoms with Gasteiger partial charge < -0.3 is 4.74 Å². The second-order valence-corrected chi connectivity index (χ2v) is 5.48. The first-order chi connectivity index (χ1) is 11.6. The summed E-state index contributed by atoms with van der Waals surface area (Å²) in [6, 6.07) is 15.1. The Labute approximate surface area is 140 Å². The predicted molar refractivity (Wildman–Crippen MR) is 89.9 cm³/mol. The third kappa shape index (κ3) is 3.65. The van der Waals surface area contributed by atoms with Crippen LogP contribution < -0.4 is 4.74 Å². The number of para-hydroxylation sites is 1. The molecule has 0 atom stereocenters. The van der Waals surface area contributed by atoms with Gasteiger partial charge in [0.2, 0.25) is 5.82 Å². The van der Waals surface area contributed by atoms with Gasteiger partial charge in [-0.3, -0.25) is 4.79 Å². The SMILES string of the molecule is CC(=O)c1ccccc1OCCn1nnc(-c2ccc(C)cc2)n1. The fraction of sp³-hybridized carbons (Fsp3) is 0.222. The van der Waals surface area contributed by atoms with Crippen LogP contribution in [0.4, 0.5) is 0 Å². The number of Topliss-reactive ketones (excluding diaryl/α,β-unsaturated/α-hetero) is 1. The lowest BCUT2D eigenvalue weighted by molar-refractivity contribution is 0.101. The fourth-order valence-electron chi connectivity index (χ4n) is 2.28. The zero-order valence-corrected chi connectivity index (χ0v) is 13.6. The van der Waals surface area contributed by atoms with E-state index in [-0.39, 0.29) is 5.78 Å². The second kappa shape index (κ2) is 7.04. The quantitative estimate of drug-likeness (QED) is 0.653. The lowest BCUT2D eigenvalue weighted by atomic mass is 10.1. The van der Waals surface area contributed by atoms with Crippen molar-refractivity contribution in [2.75, 3.05) is 6.61 Å². The van der Waals surface area contributed by atoms with Crippen LogP contribution in [0, 0.1) is 6.92 Å². The van der Waals surface area contributed by atoms with Crippen molar-refractivity contribution in [1.82, 2.24) is 20.2 Å². The van der Waals surface area contributed by atoms with E-state index in [2.05, 4.69) is 15.4 Å². The number of ether oxygens (including phenoxy) is 1. The highest BCUT2D eigenvalue weighted by Crippen LogP contribution is 2.18. The molecule has 0 unspecified atom stereocenters. The number of tetrazole rings is 1. The minimum Gasteiger partial charge on any atom is -0.491 e. The van der Waals surface area contributed by atoms with Gasteiger partial charge in [0.25, 0.3) is 0 Å². The topological polar surface area (TPSA) is 69.9 Å². The number of hydrogen-bond acceptors (Lipinski definition) is 5. The Morgan fingerprint density at radius 2 is 1.88 bits per heavy atom. The summed E-state index contributed by atoms with van der Waals surface area (Å²) in [5, 5.41) is 12.4. The first kappa shape index (κ1) is 15.9. The molecule has 1 heterocycles. The highest BCUT2D eigenvalue weighted by Gasteiger charge is 2.08. The van der Waals surface area contributed by atoms with Crippen molar-refractivity contribution in [3.8, 4) is 17.1 Å². The summed E-state index contributed by atoms with van der Waals surface area (Å²) in [5.41, 5.74) is 2.68. The fourth-order valence-corrected chi connectivity index (χ4v) is 2.28. The second-order valence-electron chi connectivity index (χ2n) is 5.48. The molecule has 0 fully saturated rings. The Kier molecular flexibility index (Phi) is 4.65. The molecule has 1 aromatic heterocycles. The van der Waals surface area contributed by atoms with Gasteiger partial charge >= 0.3 is 0 Å². The van der Waals surface area contributed by atoms with Gasteiger partial charge in [0.1, 0.15) is 12.4 Å². The first-order valence-corrected chi connectivity index (χ1v) is 7.71. The average molecular weight is 322 g/mol. The molecule has 3 aromatic rings. The summed E-state index contributed by atoms with van der Waals surface area (Å²) in [4.78, 5) is 13.1. The molecular weight excluding hydrogens is 304 g/mol. The molecule has 0 spiro atoms. The average Bonchev–Trinajstić information content (AvgIpc) is 3.05. The summed E-state index contributed by atoms with van der Waals surface area (Å²) in [6.07, 6.45) is 0. The molecule has 6 heteroatoms. The first-order valence-electron chi connectivity index (χ1n) is 7.71. The van der Waals surface area contributed by atoms with E-state index in [1.165, 1.54) is 17.3 Å². The molecule has 0 saturated heterocycles. The number of carbonyl (C=O) groups is 1. The number of rotatable bonds is 6. The van der Waals surface area contributed by atoms with Crippen molar-refractivity contribution in [1.29, 1.82) is 0 Å². The Morgan fingerprint density at radius 3 is 2.62 bits per heavy atom. The van der Waals surface area contributed by atoms with E-state index in [1.807, 2.05) is 43.3 Å². The summed E-state index contributed by atoms with van der Waals surface area (Å²) in [7, 11) is 0. The normalized spacial score (nSPS) is 10.6. The maximum Gasteiger partial charge on any atom is 0.204 e. The van der Waals surface area contributed by atoms with Gasteiger partial charge in [-0.1, -0.05) is 42.0 Å². The van der Waals surface area contributed by atoms with Gasteiger partial charge in [-0.15, -0.1) is 10.2 Å². The monoisotopic (exact) mass is 322 g/mol. The Hall–Kier alpha value is -3.02. The van der Waals surface area contributed by atoms with Gasteiger partial charge in [-0.25, -0.2) is 0 Å². The van der Waals surface area contributed by atoms with Crippen molar-refractivity contribution < 1.29 is 9.53 Å². The van der Waals surface area contributed by atoms with Crippen LogP contribution in [0.2, 0.25) is 0 Å². The molecule has 0 aliphatic heterocycles. The van der Waals surface area contributed by atoms with Crippen LogP contribution in [-0.4, -0.2) is 32.6 Å². The van der Waals surface area contributed by atoms with E-state index in [0.717, 1.165) is 5.56 Å². The van der Waals surface area contributed by atoms with Gasteiger partial charge in [0.15, 0.2) is 5.78 Å². The summed E-state index contributed by atoms with van der Waals surface area (Å²) >= 11 is 0. The van der Waals surface area contributed by atoms with Crippen molar-refractivity contribution in [3.63, 3.8) is 0 Å². The summed E-state index contributed by atoms with van der Waals surface area (Å²) in [5.74, 6) is 1.13. The van der Waals surface area contributed by atoms with Gasteiger partial charge in [0, 0.05) is 5.56 Å². The largest absolute Gasteiger partial charge is 0.491 e. The van der Waals surface area contributed by atoms with E-state index in [1.54, 1.807) is 12.1 Å². The van der Waals surface area contributed by atoms with Gasteiger partial charge in [-0.05, 0) is 31.2 Å². The third-order valence-corrected chi connectivity index (χ3v) is 3.58. The van der Waals surface area contributed by atoms with Gasteiger partial charge in [0.05, 0.1) is 12.1 Å². The molecule has 6 nitrogen and oxygen atoms in total. The zero-order valence-electron chi connectivity index (χ0n) is 13.6. The molecule has 2 aromatic carbocycles. The Balaban J connectivity index is 1.62. The highest BCUT2D eigenvalue weighted by molar-refractivity contribution is 5.96. The van der Waals surface area contributed by atoms with Crippen LogP contribution in [0.3, 0.4) is 0 Å². The van der Waals surface area contributed by atoms with Crippen LogP contribution in [0.15, 0.2) is 48.5 Å². The third-order valence-electron chi connectivity index (χ3n) is 3.58. The van der Waals surface area contributed by atoms with E-state index < -0.39 is 0 Å². The molecule has 0 amide bonds. The van der Waals surface area contributed by atoms with Crippen LogP contribution in [0.5, 0.6) is 5.75 Å². The van der Waals surface area contributed by atoms with Gasteiger partial charge in [-0.2, -0.15) is 4.80 Å². The molecule has 0 saturated carbocycles. The number of aryl methyl sites for hydroxylation is 1. The molecular formula is C18H18N4O2. The van der Waals surface area contributed by atoms with Crippen LogP contribution in [0.1, 0.15) is 22.8 Å². The van der Waals surface area contributed by atoms with Crippen LogP contribution in [-0.2, 0) is 6.54 Å². The standard InChI is InChI=1S/C18H18N4O2/c1-13-7-9-15(10-8-13)18-19-21-22(20-18)11-12-24-17-6-4-3-5-16(17)14(2)23/h3-10H,11-12H2,1-2H3. The number of nitrogens with zero attached hydrogens (tertiary/aromatic N) is 4. The molecule has 122 valence electrons. The lowest BCUT2D eigenvalue weighted by Gasteiger charge is -2.08. The maximum atomic E-state index is 11.6. The van der Waals surface area contributed by atoms with Crippen molar-refractivity contribution >= 4 is 5.78 Å². The summed E-state index contributed by atoms with van der Waals surface area (Å²) in [6.45, 7) is 4.36. The number of ketones is 1. The van der Waals surface area contributed by atoms with E-state index in [0.29, 0.717) is 30.3 Å². The number of aromatic nitrogens is 4. The van der Waals surface area contributed by atoms with Crippen molar-refractivity contribution in [2.24, 2.45) is 0 Å². The summed E-state index contributed by atoms with van der Waals surface area (Å²) < 4.78 is 5.68. The number of hydrogen-bond donors (Lipinski definition) is 0.